The van der Waals surface area contributed by atoms with Gasteiger partial charge < -0.3 is 10.6 Å². The molecule has 0 aromatic carbocycles. The fourth-order valence-electron chi connectivity index (χ4n) is 2.33. The molecule has 3 heteroatoms. The van der Waals surface area contributed by atoms with Crippen LogP contribution in [0.2, 0.25) is 0 Å². The molecule has 0 aromatic rings. The highest BCUT2D eigenvalue weighted by Gasteiger charge is 2.16. The van der Waals surface area contributed by atoms with Crippen LogP contribution in [0.1, 0.15) is 52.9 Å². The molecule has 17 heavy (non-hydrogen) atoms. The number of piperidine rings is 1. The first-order valence-corrected chi connectivity index (χ1v) is 7.13. The van der Waals surface area contributed by atoms with Crippen LogP contribution in [0.5, 0.6) is 0 Å². The number of amides is 1. The lowest BCUT2D eigenvalue weighted by Gasteiger charge is -2.23. The van der Waals surface area contributed by atoms with E-state index in [9.17, 15) is 4.79 Å². The van der Waals surface area contributed by atoms with E-state index in [-0.39, 0.29) is 5.91 Å². The van der Waals surface area contributed by atoms with Crippen molar-refractivity contribution in [1.29, 1.82) is 0 Å². The summed E-state index contributed by atoms with van der Waals surface area (Å²) in [5.41, 5.74) is 0. The zero-order valence-corrected chi connectivity index (χ0v) is 11.6. The Hall–Kier alpha value is -0.570. The maximum atomic E-state index is 11.8. The van der Waals surface area contributed by atoms with Crippen molar-refractivity contribution < 1.29 is 4.79 Å². The van der Waals surface area contributed by atoms with Crippen molar-refractivity contribution in [2.24, 2.45) is 11.8 Å². The van der Waals surface area contributed by atoms with Crippen molar-refractivity contribution in [3.63, 3.8) is 0 Å². The molecule has 2 atom stereocenters. The summed E-state index contributed by atoms with van der Waals surface area (Å²) in [4.78, 5) is 11.8. The number of hydrogen-bond donors (Lipinski definition) is 2. The standard InChI is InChI=1S/C14H28N2O/c1-4-11(2)12(3)16-14(17)6-5-13-7-9-15-10-8-13/h11-13,15H,4-10H2,1-3H3,(H,16,17). The lowest BCUT2D eigenvalue weighted by molar-refractivity contribution is -0.122. The maximum Gasteiger partial charge on any atom is 0.220 e. The molecule has 1 heterocycles. The molecule has 1 saturated heterocycles. The third kappa shape index (κ3) is 5.53. The van der Waals surface area contributed by atoms with Gasteiger partial charge in [0.25, 0.3) is 0 Å². The van der Waals surface area contributed by atoms with Crippen molar-refractivity contribution in [2.75, 3.05) is 13.1 Å². The van der Waals surface area contributed by atoms with Crippen LogP contribution < -0.4 is 10.6 Å². The Morgan fingerprint density at radius 1 is 1.35 bits per heavy atom. The first-order chi connectivity index (χ1) is 8.13. The molecule has 2 N–H and O–H groups in total. The summed E-state index contributed by atoms with van der Waals surface area (Å²) in [5.74, 6) is 1.55. The third-order valence-electron chi connectivity index (χ3n) is 4.12. The summed E-state index contributed by atoms with van der Waals surface area (Å²) in [6.45, 7) is 8.71. The van der Waals surface area contributed by atoms with Gasteiger partial charge in [0.1, 0.15) is 0 Å². The maximum absolute atomic E-state index is 11.8. The Morgan fingerprint density at radius 2 is 2.00 bits per heavy atom. The van der Waals surface area contributed by atoms with Crippen molar-refractivity contribution in [3.8, 4) is 0 Å². The van der Waals surface area contributed by atoms with Gasteiger partial charge in [0.05, 0.1) is 0 Å². The van der Waals surface area contributed by atoms with Gasteiger partial charge in [-0.1, -0.05) is 20.3 Å². The highest BCUT2D eigenvalue weighted by molar-refractivity contribution is 5.76. The normalized spacial score (nSPS) is 20.9. The predicted molar refractivity (Wildman–Crippen MR) is 71.9 cm³/mol. The Labute approximate surface area is 106 Å². The third-order valence-corrected chi connectivity index (χ3v) is 4.12. The minimum Gasteiger partial charge on any atom is -0.353 e. The van der Waals surface area contributed by atoms with Crippen LogP contribution in [0.25, 0.3) is 0 Å². The molecule has 1 rings (SSSR count). The highest BCUT2D eigenvalue weighted by atomic mass is 16.1. The molecule has 2 unspecified atom stereocenters. The molecule has 0 spiro atoms. The summed E-state index contributed by atoms with van der Waals surface area (Å²) in [7, 11) is 0. The average Bonchev–Trinajstić information content (AvgIpc) is 2.36. The van der Waals surface area contributed by atoms with E-state index in [1.807, 2.05) is 0 Å². The Morgan fingerprint density at radius 3 is 2.59 bits per heavy atom. The second kappa shape index (κ2) is 7.70. The summed E-state index contributed by atoms with van der Waals surface area (Å²) in [6.07, 6.45) is 5.34. The van der Waals surface area contributed by atoms with Gasteiger partial charge in [0, 0.05) is 12.5 Å². The van der Waals surface area contributed by atoms with Crippen LogP contribution in [0.15, 0.2) is 0 Å². The molecule has 1 fully saturated rings. The SMILES string of the molecule is CCC(C)C(C)NC(=O)CCC1CCNCC1. The van der Waals surface area contributed by atoms with E-state index in [1.165, 1.54) is 12.8 Å². The first kappa shape index (κ1) is 14.5. The number of nitrogens with one attached hydrogen (secondary N) is 2. The Kier molecular flexibility index (Phi) is 6.56. The largest absolute Gasteiger partial charge is 0.353 e. The Balaban J connectivity index is 2.15. The number of carbonyl (C=O) groups is 1. The van der Waals surface area contributed by atoms with E-state index in [4.69, 9.17) is 0 Å². The second-order valence-electron chi connectivity index (χ2n) is 5.47. The molecule has 100 valence electrons. The smallest absolute Gasteiger partial charge is 0.220 e. The number of carbonyl (C=O) groups excluding carboxylic acids is 1. The van der Waals surface area contributed by atoms with Crippen molar-refractivity contribution >= 4 is 5.91 Å². The predicted octanol–water partition coefficient (Wildman–Crippen LogP) is 2.32. The number of hydrogen-bond acceptors (Lipinski definition) is 2. The summed E-state index contributed by atoms with van der Waals surface area (Å²) < 4.78 is 0. The minimum atomic E-state index is 0.233. The Bertz CT molecular complexity index is 224. The lowest BCUT2D eigenvalue weighted by Crippen LogP contribution is -2.37. The molecule has 0 saturated carbocycles. The van der Waals surface area contributed by atoms with Gasteiger partial charge in [-0.15, -0.1) is 0 Å². The van der Waals surface area contributed by atoms with Crippen LogP contribution >= 0.6 is 0 Å². The monoisotopic (exact) mass is 240 g/mol. The molecule has 3 nitrogen and oxygen atoms in total. The van der Waals surface area contributed by atoms with E-state index in [1.54, 1.807) is 0 Å². The molecule has 0 bridgehead atoms. The molecule has 0 aromatic heterocycles. The summed E-state index contributed by atoms with van der Waals surface area (Å²) >= 11 is 0. The quantitative estimate of drug-likeness (QED) is 0.748. The first-order valence-electron chi connectivity index (χ1n) is 7.13. The van der Waals surface area contributed by atoms with E-state index in [0.717, 1.165) is 31.8 Å². The van der Waals surface area contributed by atoms with Crippen molar-refractivity contribution in [2.45, 2.75) is 58.9 Å². The van der Waals surface area contributed by atoms with E-state index in [2.05, 4.69) is 31.4 Å². The van der Waals surface area contributed by atoms with Crippen LogP contribution in [0, 0.1) is 11.8 Å². The average molecular weight is 240 g/mol. The second-order valence-corrected chi connectivity index (χ2v) is 5.47. The van der Waals surface area contributed by atoms with E-state index in [0.29, 0.717) is 18.4 Å². The van der Waals surface area contributed by atoms with Crippen molar-refractivity contribution in [1.82, 2.24) is 10.6 Å². The van der Waals surface area contributed by atoms with Gasteiger partial charge in [-0.3, -0.25) is 4.79 Å². The van der Waals surface area contributed by atoms with E-state index >= 15 is 0 Å². The summed E-state index contributed by atoms with van der Waals surface area (Å²) in [5, 5.41) is 6.47. The van der Waals surface area contributed by atoms with Crippen LogP contribution in [0.4, 0.5) is 0 Å². The molecule has 0 aliphatic carbocycles. The molecule has 1 aliphatic rings. The van der Waals surface area contributed by atoms with Gasteiger partial charge in [-0.2, -0.15) is 0 Å². The van der Waals surface area contributed by atoms with Gasteiger partial charge in [-0.25, -0.2) is 0 Å². The number of rotatable bonds is 6. The van der Waals surface area contributed by atoms with Gasteiger partial charge >= 0.3 is 0 Å². The summed E-state index contributed by atoms with van der Waals surface area (Å²) in [6, 6.07) is 0.306. The van der Waals surface area contributed by atoms with Crippen molar-refractivity contribution in [3.05, 3.63) is 0 Å². The minimum absolute atomic E-state index is 0.233. The van der Waals surface area contributed by atoms with Crippen LogP contribution in [0.3, 0.4) is 0 Å². The zero-order chi connectivity index (χ0) is 12.7. The molecule has 1 amide bonds. The molecule has 1 aliphatic heterocycles. The lowest BCUT2D eigenvalue weighted by atomic mass is 9.93. The fraction of sp³-hybridized carbons (Fsp3) is 0.929. The molecule has 0 radical (unpaired) electrons. The fourth-order valence-corrected chi connectivity index (χ4v) is 2.33. The van der Waals surface area contributed by atoms with Gasteiger partial charge in [0.15, 0.2) is 0 Å². The zero-order valence-electron chi connectivity index (χ0n) is 11.6. The highest BCUT2D eigenvalue weighted by Crippen LogP contribution is 2.17. The molecular formula is C14H28N2O. The van der Waals surface area contributed by atoms with Gasteiger partial charge in [0.2, 0.25) is 5.91 Å². The van der Waals surface area contributed by atoms with Crippen LogP contribution in [-0.2, 0) is 4.79 Å². The van der Waals surface area contributed by atoms with Crippen LogP contribution in [-0.4, -0.2) is 25.0 Å². The molecular weight excluding hydrogens is 212 g/mol. The van der Waals surface area contributed by atoms with Gasteiger partial charge in [-0.05, 0) is 51.1 Å². The topological polar surface area (TPSA) is 41.1 Å². The van der Waals surface area contributed by atoms with E-state index < -0.39 is 0 Å².